The third-order valence-electron chi connectivity index (χ3n) is 4.51. The standard InChI is InChI=1S/C24H30O6Se2/c1-15(2)21(23(25)27-5)29-17-11-7-9-13-19(17)31-32-20-14-10-8-12-18(20)30-22(16(3)4)24(26)28-6/h7-16,21-22H,1-6H3/t21-,22-/m1/s1. The van der Waals surface area contributed by atoms with Crippen molar-refractivity contribution in [1.82, 2.24) is 0 Å². The number of benzene rings is 2. The minimum absolute atomic E-state index is 0.0195. The molecule has 2 rings (SSSR count). The van der Waals surface area contributed by atoms with E-state index in [-0.39, 0.29) is 50.0 Å². The van der Waals surface area contributed by atoms with Crippen molar-refractivity contribution in [3.05, 3.63) is 48.5 Å². The Morgan fingerprint density at radius 1 is 0.656 bits per heavy atom. The van der Waals surface area contributed by atoms with Crippen molar-refractivity contribution in [2.75, 3.05) is 14.2 Å². The monoisotopic (exact) mass is 574 g/mol. The van der Waals surface area contributed by atoms with Crippen LogP contribution in [0.2, 0.25) is 0 Å². The molecule has 0 aliphatic heterocycles. The first-order valence-electron chi connectivity index (χ1n) is 10.3. The number of carbonyl (C=O) groups is 2. The number of methoxy groups -OCH3 is 2. The molecule has 0 bridgehead atoms. The molecule has 0 saturated heterocycles. The maximum atomic E-state index is 12.1. The molecule has 0 spiro atoms. The molecule has 0 heterocycles. The molecule has 2 atom stereocenters. The second-order valence-corrected chi connectivity index (χ2v) is 13.9. The molecule has 2 aromatic rings. The van der Waals surface area contributed by atoms with Gasteiger partial charge >= 0.3 is 202 Å². The SMILES string of the molecule is COC(=O)[C@H](Oc1ccccc1[Se][Se]c1ccccc1O[C@@H](C(=O)OC)C(C)C)C(C)C. The van der Waals surface area contributed by atoms with Crippen LogP contribution in [0.3, 0.4) is 0 Å². The molecule has 6 nitrogen and oxygen atoms in total. The first kappa shape index (κ1) is 26.3. The van der Waals surface area contributed by atoms with E-state index in [4.69, 9.17) is 18.9 Å². The fourth-order valence-electron chi connectivity index (χ4n) is 2.74. The number of carbonyl (C=O) groups excluding carboxylic acids is 2. The van der Waals surface area contributed by atoms with Gasteiger partial charge in [0.2, 0.25) is 0 Å². The summed E-state index contributed by atoms with van der Waals surface area (Å²) < 4.78 is 24.1. The molecular formula is C24H30O6Se2. The molecule has 0 aromatic heterocycles. The summed E-state index contributed by atoms with van der Waals surface area (Å²) in [4.78, 5) is 24.3. The second-order valence-electron chi connectivity index (χ2n) is 7.67. The first-order valence-corrected chi connectivity index (χ1v) is 16.3. The molecule has 0 amide bonds. The average molecular weight is 572 g/mol. The summed E-state index contributed by atoms with van der Waals surface area (Å²) in [5.74, 6) is 0.601. The fourth-order valence-corrected chi connectivity index (χ4v) is 9.47. The molecule has 0 aliphatic rings. The van der Waals surface area contributed by atoms with E-state index in [2.05, 4.69) is 0 Å². The maximum absolute atomic E-state index is 12.1. The van der Waals surface area contributed by atoms with E-state index in [1.165, 1.54) is 14.2 Å². The Labute approximate surface area is 201 Å². The molecular weight excluding hydrogens is 542 g/mol. The van der Waals surface area contributed by atoms with Crippen molar-refractivity contribution in [1.29, 1.82) is 0 Å². The molecule has 2 aromatic carbocycles. The molecule has 174 valence electrons. The zero-order chi connectivity index (χ0) is 23.7. The molecule has 0 aliphatic carbocycles. The van der Waals surface area contributed by atoms with Gasteiger partial charge < -0.3 is 0 Å². The van der Waals surface area contributed by atoms with Gasteiger partial charge in [0, 0.05) is 0 Å². The van der Waals surface area contributed by atoms with Crippen LogP contribution in [-0.2, 0) is 19.1 Å². The van der Waals surface area contributed by atoms with Gasteiger partial charge in [-0.05, 0) is 0 Å². The number of esters is 2. The number of ether oxygens (including phenoxy) is 4. The van der Waals surface area contributed by atoms with Gasteiger partial charge in [0.15, 0.2) is 0 Å². The summed E-state index contributed by atoms with van der Waals surface area (Å²) in [6.07, 6.45) is -1.32. The van der Waals surface area contributed by atoms with Gasteiger partial charge in [-0.2, -0.15) is 0 Å². The Morgan fingerprint density at radius 3 is 1.31 bits per heavy atom. The molecule has 0 unspecified atom stereocenters. The Balaban J connectivity index is 2.20. The van der Waals surface area contributed by atoms with Crippen molar-refractivity contribution >= 4 is 47.1 Å². The van der Waals surface area contributed by atoms with Crippen LogP contribution in [0.25, 0.3) is 0 Å². The van der Waals surface area contributed by atoms with Gasteiger partial charge in [0.1, 0.15) is 0 Å². The normalized spacial score (nSPS) is 12.9. The summed E-state index contributed by atoms with van der Waals surface area (Å²) in [6.45, 7) is 7.72. The Hall–Kier alpha value is -1.98. The topological polar surface area (TPSA) is 71.1 Å². The van der Waals surface area contributed by atoms with Gasteiger partial charge in [0.05, 0.1) is 0 Å². The number of hydrogen-bond acceptors (Lipinski definition) is 6. The van der Waals surface area contributed by atoms with Gasteiger partial charge in [-0.25, -0.2) is 0 Å². The number of para-hydroxylation sites is 2. The molecule has 8 heteroatoms. The van der Waals surface area contributed by atoms with E-state index in [9.17, 15) is 9.59 Å². The Bertz CT molecular complexity index is 826. The molecule has 0 saturated carbocycles. The van der Waals surface area contributed by atoms with Gasteiger partial charge in [-0.1, -0.05) is 0 Å². The third-order valence-corrected chi connectivity index (χ3v) is 11.7. The summed E-state index contributed by atoms with van der Waals surface area (Å²) in [7, 11) is 2.74. The Kier molecular flexibility index (Phi) is 10.6. The zero-order valence-electron chi connectivity index (χ0n) is 19.2. The second kappa shape index (κ2) is 12.9. The predicted octanol–water partition coefficient (Wildman–Crippen LogP) is 2.11. The van der Waals surface area contributed by atoms with Crippen LogP contribution >= 0.6 is 0 Å². The summed E-state index contributed by atoms with van der Waals surface area (Å²) in [5, 5.41) is 0. The van der Waals surface area contributed by atoms with Gasteiger partial charge in [-0.3, -0.25) is 0 Å². The van der Waals surface area contributed by atoms with Crippen molar-refractivity contribution in [2.24, 2.45) is 11.8 Å². The molecule has 32 heavy (non-hydrogen) atoms. The van der Waals surface area contributed by atoms with Crippen LogP contribution in [0.15, 0.2) is 48.5 Å². The van der Waals surface area contributed by atoms with Crippen molar-refractivity contribution in [3.63, 3.8) is 0 Å². The van der Waals surface area contributed by atoms with E-state index in [0.717, 1.165) is 8.92 Å². The summed E-state index contributed by atoms with van der Waals surface area (Å²) in [5.41, 5.74) is 0. The van der Waals surface area contributed by atoms with E-state index in [1.807, 2.05) is 76.2 Å². The summed E-state index contributed by atoms with van der Waals surface area (Å²) in [6, 6.07) is 15.6. The molecule has 0 fully saturated rings. The van der Waals surface area contributed by atoms with Crippen LogP contribution in [0.5, 0.6) is 11.5 Å². The van der Waals surface area contributed by atoms with Crippen molar-refractivity contribution in [2.45, 2.75) is 39.9 Å². The molecule has 0 radical (unpaired) electrons. The zero-order valence-corrected chi connectivity index (χ0v) is 22.6. The Morgan fingerprint density at radius 2 is 1.00 bits per heavy atom. The van der Waals surface area contributed by atoms with Gasteiger partial charge in [-0.15, -0.1) is 0 Å². The quantitative estimate of drug-likeness (QED) is 0.304. The van der Waals surface area contributed by atoms with E-state index >= 15 is 0 Å². The molecule has 0 N–H and O–H groups in total. The number of hydrogen-bond donors (Lipinski definition) is 0. The summed E-state index contributed by atoms with van der Waals surface area (Å²) >= 11 is 0.137. The van der Waals surface area contributed by atoms with Crippen LogP contribution in [-0.4, -0.2) is 64.6 Å². The average Bonchev–Trinajstić information content (AvgIpc) is 2.79. The van der Waals surface area contributed by atoms with Crippen LogP contribution in [0, 0.1) is 11.8 Å². The van der Waals surface area contributed by atoms with Crippen molar-refractivity contribution < 1.29 is 28.5 Å². The van der Waals surface area contributed by atoms with Crippen LogP contribution in [0.1, 0.15) is 27.7 Å². The van der Waals surface area contributed by atoms with Crippen molar-refractivity contribution in [3.8, 4) is 11.5 Å². The van der Waals surface area contributed by atoms with E-state index in [1.54, 1.807) is 0 Å². The van der Waals surface area contributed by atoms with Gasteiger partial charge in [0.25, 0.3) is 0 Å². The van der Waals surface area contributed by atoms with Crippen LogP contribution in [0.4, 0.5) is 0 Å². The van der Waals surface area contributed by atoms with Crippen LogP contribution < -0.4 is 18.4 Å². The van der Waals surface area contributed by atoms with E-state index < -0.39 is 12.2 Å². The first-order chi connectivity index (χ1) is 15.3. The van der Waals surface area contributed by atoms with E-state index in [0.29, 0.717) is 11.5 Å². The number of rotatable bonds is 11. The fraction of sp³-hybridized carbons (Fsp3) is 0.417. The third kappa shape index (κ3) is 7.28. The predicted molar refractivity (Wildman–Crippen MR) is 126 cm³/mol. The minimum atomic E-state index is -0.660.